The van der Waals surface area contributed by atoms with Crippen LogP contribution >= 0.6 is 0 Å². The van der Waals surface area contributed by atoms with Crippen LogP contribution in [0.5, 0.6) is 0 Å². The third-order valence-electron chi connectivity index (χ3n) is 0.603. The molecule has 0 aliphatic heterocycles. The van der Waals surface area contributed by atoms with Gasteiger partial charge in [0.15, 0.2) is 0 Å². The van der Waals surface area contributed by atoms with E-state index in [2.05, 4.69) is 6.58 Å². The topological polar surface area (TPSA) is 26.0 Å². The van der Waals surface area contributed by atoms with E-state index < -0.39 is 0 Å². The predicted molar refractivity (Wildman–Crippen MR) is 37.3 cm³/mol. The first kappa shape index (κ1) is 7.02. The van der Waals surface area contributed by atoms with Crippen LogP contribution in [-0.2, 0) is 0 Å². The van der Waals surface area contributed by atoms with Gasteiger partial charge in [0.2, 0.25) is 0 Å². The van der Waals surface area contributed by atoms with Crippen LogP contribution in [0.3, 0.4) is 0 Å². The largest absolute Gasteiger partial charge is 0.405 e. The third-order valence-corrected chi connectivity index (χ3v) is 0.603. The molecule has 0 heterocycles. The lowest BCUT2D eigenvalue weighted by molar-refractivity contribution is 1.55. The van der Waals surface area contributed by atoms with E-state index in [-0.39, 0.29) is 0 Å². The van der Waals surface area contributed by atoms with E-state index >= 15 is 0 Å². The molecule has 0 fully saturated rings. The normalized spacial score (nSPS) is 11.1. The van der Waals surface area contributed by atoms with Gasteiger partial charge in [-0.3, -0.25) is 0 Å². The van der Waals surface area contributed by atoms with Crippen LogP contribution in [0.25, 0.3) is 0 Å². The number of allylic oxidation sites excluding steroid dienone is 4. The molecule has 1 heteroatoms. The lowest BCUT2D eigenvalue weighted by atomic mass is 10.3. The summed E-state index contributed by atoms with van der Waals surface area (Å²) in [7, 11) is 0. The standard InChI is InChI=1S/C7H11N/c1-7(2)5-3-4-6-8/h3-6H,1,8H2,2H3/b5-3-,6-4-. The van der Waals surface area contributed by atoms with Crippen molar-refractivity contribution in [3.63, 3.8) is 0 Å². The summed E-state index contributed by atoms with van der Waals surface area (Å²) >= 11 is 0. The van der Waals surface area contributed by atoms with Gasteiger partial charge in [-0.05, 0) is 19.2 Å². The highest BCUT2D eigenvalue weighted by Crippen LogP contribution is 1.87. The average molecular weight is 109 g/mol. The molecular weight excluding hydrogens is 98.1 g/mol. The summed E-state index contributed by atoms with van der Waals surface area (Å²) < 4.78 is 0. The molecule has 0 atom stereocenters. The summed E-state index contributed by atoms with van der Waals surface area (Å²) in [6, 6.07) is 0. The summed E-state index contributed by atoms with van der Waals surface area (Å²) in [6.07, 6.45) is 6.99. The highest BCUT2D eigenvalue weighted by molar-refractivity contribution is 5.16. The second-order valence-electron chi connectivity index (χ2n) is 1.59. The molecule has 0 saturated heterocycles. The second-order valence-corrected chi connectivity index (χ2v) is 1.59. The van der Waals surface area contributed by atoms with Crippen LogP contribution in [0.1, 0.15) is 6.92 Å². The van der Waals surface area contributed by atoms with Crippen molar-refractivity contribution >= 4 is 0 Å². The first-order valence-corrected chi connectivity index (χ1v) is 2.48. The van der Waals surface area contributed by atoms with E-state index in [9.17, 15) is 0 Å². The molecular formula is C7H11N. The minimum atomic E-state index is 1.03. The van der Waals surface area contributed by atoms with E-state index in [1.165, 1.54) is 6.20 Å². The SMILES string of the molecule is C=C(C)/C=C\C=C/N. The van der Waals surface area contributed by atoms with Crippen molar-refractivity contribution in [2.75, 3.05) is 0 Å². The van der Waals surface area contributed by atoms with Gasteiger partial charge in [-0.15, -0.1) is 0 Å². The zero-order valence-corrected chi connectivity index (χ0v) is 5.09. The van der Waals surface area contributed by atoms with Crippen molar-refractivity contribution in [2.24, 2.45) is 5.73 Å². The van der Waals surface area contributed by atoms with Crippen LogP contribution < -0.4 is 5.73 Å². The Hall–Kier alpha value is -0.980. The Labute approximate surface area is 50.2 Å². The minimum Gasteiger partial charge on any atom is -0.405 e. The lowest BCUT2D eigenvalue weighted by Gasteiger charge is -1.78. The highest BCUT2D eigenvalue weighted by Gasteiger charge is 1.66. The molecule has 0 spiro atoms. The average Bonchev–Trinajstić information content (AvgIpc) is 1.66. The molecule has 0 unspecified atom stereocenters. The first-order chi connectivity index (χ1) is 3.77. The fourth-order valence-electron chi connectivity index (χ4n) is 0.284. The summed E-state index contributed by atoms with van der Waals surface area (Å²) in [5.74, 6) is 0. The minimum absolute atomic E-state index is 1.03. The fourth-order valence-corrected chi connectivity index (χ4v) is 0.284. The van der Waals surface area contributed by atoms with Gasteiger partial charge in [-0.1, -0.05) is 24.3 Å². The predicted octanol–water partition coefficient (Wildman–Crippen LogP) is 1.59. The Balaban J connectivity index is 3.50. The van der Waals surface area contributed by atoms with Gasteiger partial charge >= 0.3 is 0 Å². The van der Waals surface area contributed by atoms with Crippen molar-refractivity contribution in [1.29, 1.82) is 0 Å². The van der Waals surface area contributed by atoms with Crippen molar-refractivity contribution < 1.29 is 0 Å². The summed E-state index contributed by atoms with van der Waals surface area (Å²) in [5, 5.41) is 0. The van der Waals surface area contributed by atoms with Gasteiger partial charge in [0, 0.05) is 0 Å². The monoisotopic (exact) mass is 109 g/mol. The van der Waals surface area contributed by atoms with E-state index in [1.54, 1.807) is 6.08 Å². The molecule has 0 amide bonds. The molecule has 0 bridgehead atoms. The van der Waals surface area contributed by atoms with Crippen molar-refractivity contribution in [2.45, 2.75) is 6.92 Å². The van der Waals surface area contributed by atoms with Gasteiger partial charge in [0.1, 0.15) is 0 Å². The van der Waals surface area contributed by atoms with Crippen molar-refractivity contribution in [3.8, 4) is 0 Å². The molecule has 44 valence electrons. The number of nitrogens with two attached hydrogens (primary N) is 1. The molecule has 0 radical (unpaired) electrons. The molecule has 0 aromatic carbocycles. The Bertz CT molecular complexity index is 120. The maximum atomic E-state index is 5.05. The van der Waals surface area contributed by atoms with Gasteiger partial charge < -0.3 is 5.73 Å². The maximum absolute atomic E-state index is 5.05. The number of hydrogen-bond acceptors (Lipinski definition) is 1. The fraction of sp³-hybridized carbons (Fsp3) is 0.143. The van der Waals surface area contributed by atoms with Crippen LogP contribution in [0.15, 0.2) is 36.6 Å². The van der Waals surface area contributed by atoms with Crippen molar-refractivity contribution in [3.05, 3.63) is 36.6 Å². The van der Waals surface area contributed by atoms with Crippen LogP contribution in [0.2, 0.25) is 0 Å². The molecule has 8 heavy (non-hydrogen) atoms. The van der Waals surface area contributed by atoms with Gasteiger partial charge in [0.05, 0.1) is 0 Å². The molecule has 0 rings (SSSR count). The Kier molecular flexibility index (Phi) is 3.67. The van der Waals surface area contributed by atoms with Gasteiger partial charge in [-0.25, -0.2) is 0 Å². The molecule has 0 aromatic rings. The van der Waals surface area contributed by atoms with E-state index in [0.29, 0.717) is 0 Å². The van der Waals surface area contributed by atoms with Crippen LogP contribution in [-0.4, -0.2) is 0 Å². The third kappa shape index (κ3) is 5.02. The summed E-state index contributed by atoms with van der Waals surface area (Å²) in [5.41, 5.74) is 6.08. The van der Waals surface area contributed by atoms with Crippen LogP contribution in [0.4, 0.5) is 0 Å². The molecule has 0 aromatic heterocycles. The van der Waals surface area contributed by atoms with E-state index in [4.69, 9.17) is 5.73 Å². The first-order valence-electron chi connectivity index (χ1n) is 2.48. The molecule has 0 saturated carbocycles. The molecule has 1 nitrogen and oxygen atoms in total. The number of hydrogen-bond donors (Lipinski definition) is 1. The maximum Gasteiger partial charge on any atom is -0.00624 e. The second kappa shape index (κ2) is 4.19. The molecule has 0 aliphatic carbocycles. The smallest absolute Gasteiger partial charge is 0.00624 e. The highest BCUT2D eigenvalue weighted by atomic mass is 14.5. The zero-order valence-electron chi connectivity index (χ0n) is 5.09. The van der Waals surface area contributed by atoms with E-state index in [0.717, 1.165) is 5.57 Å². The Morgan fingerprint density at radius 2 is 2.12 bits per heavy atom. The number of rotatable bonds is 2. The Morgan fingerprint density at radius 3 is 2.50 bits per heavy atom. The van der Waals surface area contributed by atoms with E-state index in [1.807, 2.05) is 19.1 Å². The summed E-state index contributed by atoms with van der Waals surface area (Å²) in [4.78, 5) is 0. The zero-order chi connectivity index (χ0) is 6.41. The van der Waals surface area contributed by atoms with Gasteiger partial charge in [0.25, 0.3) is 0 Å². The van der Waals surface area contributed by atoms with Gasteiger partial charge in [-0.2, -0.15) is 0 Å². The lowest BCUT2D eigenvalue weighted by Crippen LogP contribution is -1.72. The summed E-state index contributed by atoms with van der Waals surface area (Å²) in [6.45, 7) is 5.60. The van der Waals surface area contributed by atoms with Crippen molar-refractivity contribution in [1.82, 2.24) is 0 Å². The van der Waals surface area contributed by atoms with Crippen LogP contribution in [0, 0.1) is 0 Å². The molecule has 2 N–H and O–H groups in total. The quantitative estimate of drug-likeness (QED) is 0.535. The Morgan fingerprint density at radius 1 is 1.50 bits per heavy atom. The molecule has 0 aliphatic rings.